The van der Waals surface area contributed by atoms with Crippen molar-refractivity contribution in [3.05, 3.63) is 58.2 Å². The molecule has 1 fully saturated rings. The molecule has 3 rings (SSSR count). The summed E-state index contributed by atoms with van der Waals surface area (Å²) < 4.78 is 1.19. The minimum atomic E-state index is 0.209. The summed E-state index contributed by atoms with van der Waals surface area (Å²) in [4.78, 5) is 11.0. The Labute approximate surface area is 164 Å². The quantitative estimate of drug-likeness (QED) is 0.561. The zero-order chi connectivity index (χ0) is 18.6. The molecule has 1 saturated carbocycles. The van der Waals surface area contributed by atoms with Gasteiger partial charge in [-0.2, -0.15) is 0 Å². The Balaban J connectivity index is 1.58. The maximum atomic E-state index is 4.63. The number of hydrogen-bond donors (Lipinski definition) is 2. The number of nitrogens with one attached hydrogen (secondary N) is 2. The lowest BCUT2D eigenvalue weighted by molar-refractivity contribution is 0.642. The van der Waals surface area contributed by atoms with Gasteiger partial charge in [0.1, 0.15) is 5.82 Å². The first-order valence-corrected chi connectivity index (χ1v) is 9.66. The summed E-state index contributed by atoms with van der Waals surface area (Å²) in [7, 11) is 5.80. The second kappa shape index (κ2) is 8.08. The molecule has 0 saturated heterocycles. The highest BCUT2D eigenvalue weighted by atomic mass is 79.9. The van der Waals surface area contributed by atoms with Gasteiger partial charge in [0.25, 0.3) is 0 Å². The minimum absolute atomic E-state index is 0.209. The lowest BCUT2D eigenvalue weighted by Crippen LogP contribution is -2.41. The molecule has 1 aliphatic carbocycles. The van der Waals surface area contributed by atoms with Crippen LogP contribution in [0.5, 0.6) is 0 Å². The number of anilines is 1. The van der Waals surface area contributed by atoms with E-state index in [9.17, 15) is 0 Å². The zero-order valence-corrected chi connectivity index (χ0v) is 17.2. The topological polar surface area (TPSA) is 52.6 Å². The Morgan fingerprint density at radius 1 is 1.15 bits per heavy atom. The normalized spacial score (nSPS) is 15.5. The van der Waals surface area contributed by atoms with Crippen LogP contribution in [0.2, 0.25) is 0 Å². The molecule has 1 heterocycles. The minimum Gasteiger partial charge on any atom is -0.363 e. The first-order valence-electron chi connectivity index (χ1n) is 8.87. The van der Waals surface area contributed by atoms with Crippen LogP contribution >= 0.6 is 15.9 Å². The average Bonchev–Trinajstić information content (AvgIpc) is 3.43. The maximum Gasteiger partial charge on any atom is 0.191 e. The molecular formula is C20H26BrN5. The Bertz CT molecular complexity index is 783. The van der Waals surface area contributed by atoms with Crippen LogP contribution in [0.4, 0.5) is 5.82 Å². The van der Waals surface area contributed by atoms with E-state index in [-0.39, 0.29) is 5.41 Å². The van der Waals surface area contributed by atoms with Crippen molar-refractivity contribution in [2.45, 2.75) is 24.8 Å². The number of hydrogen-bond acceptors (Lipinski definition) is 3. The van der Waals surface area contributed by atoms with E-state index in [4.69, 9.17) is 0 Å². The van der Waals surface area contributed by atoms with Gasteiger partial charge in [-0.05, 0) is 36.6 Å². The highest BCUT2D eigenvalue weighted by molar-refractivity contribution is 9.10. The third kappa shape index (κ3) is 4.36. The van der Waals surface area contributed by atoms with Gasteiger partial charge in [0.2, 0.25) is 0 Å². The van der Waals surface area contributed by atoms with Crippen LogP contribution in [0.15, 0.2) is 51.9 Å². The fraction of sp³-hybridized carbons (Fsp3) is 0.400. The number of halogens is 1. The molecule has 1 aromatic heterocycles. The van der Waals surface area contributed by atoms with Crippen LogP contribution in [0.25, 0.3) is 0 Å². The van der Waals surface area contributed by atoms with E-state index in [2.05, 4.69) is 60.8 Å². The lowest BCUT2D eigenvalue weighted by Gasteiger charge is -2.20. The number of pyridine rings is 1. The van der Waals surface area contributed by atoms with Gasteiger partial charge in [-0.3, -0.25) is 4.99 Å². The molecule has 138 valence electrons. The van der Waals surface area contributed by atoms with Gasteiger partial charge in [0.15, 0.2) is 5.96 Å². The summed E-state index contributed by atoms with van der Waals surface area (Å²) in [6.07, 6.45) is 2.40. The van der Waals surface area contributed by atoms with E-state index in [0.29, 0.717) is 6.54 Å². The van der Waals surface area contributed by atoms with Crippen LogP contribution in [-0.4, -0.2) is 38.6 Å². The first-order chi connectivity index (χ1) is 12.5. The average molecular weight is 416 g/mol. The van der Waals surface area contributed by atoms with Crippen molar-refractivity contribution in [3.63, 3.8) is 0 Å². The van der Waals surface area contributed by atoms with Crippen molar-refractivity contribution in [1.29, 1.82) is 0 Å². The molecule has 0 bridgehead atoms. The predicted octanol–water partition coefficient (Wildman–Crippen LogP) is 3.31. The first kappa shape index (κ1) is 18.7. The van der Waals surface area contributed by atoms with E-state index in [1.54, 1.807) is 7.05 Å². The van der Waals surface area contributed by atoms with Crippen LogP contribution in [0, 0.1) is 0 Å². The summed E-state index contributed by atoms with van der Waals surface area (Å²) in [5.41, 5.74) is 2.58. The number of aromatic nitrogens is 1. The zero-order valence-electron chi connectivity index (χ0n) is 15.6. The molecule has 0 spiro atoms. The lowest BCUT2D eigenvalue weighted by atomic mass is 9.96. The van der Waals surface area contributed by atoms with Crippen molar-refractivity contribution < 1.29 is 0 Å². The number of aliphatic imine (C=N–C) groups is 1. The summed E-state index contributed by atoms with van der Waals surface area (Å²) in [6.45, 7) is 1.52. The summed E-state index contributed by atoms with van der Waals surface area (Å²) in [6, 6.07) is 14.6. The number of nitrogens with zero attached hydrogens (tertiary/aromatic N) is 3. The van der Waals surface area contributed by atoms with Crippen molar-refractivity contribution in [1.82, 2.24) is 15.6 Å². The van der Waals surface area contributed by atoms with Crippen molar-refractivity contribution in [2.24, 2.45) is 4.99 Å². The molecule has 0 amide bonds. The van der Waals surface area contributed by atoms with E-state index < -0.39 is 0 Å². The summed E-state index contributed by atoms with van der Waals surface area (Å²) in [5, 5.41) is 6.85. The predicted molar refractivity (Wildman–Crippen MR) is 112 cm³/mol. The number of benzene rings is 1. The summed E-state index contributed by atoms with van der Waals surface area (Å²) >= 11 is 3.69. The number of rotatable bonds is 6. The largest absolute Gasteiger partial charge is 0.363 e. The van der Waals surface area contributed by atoms with Gasteiger partial charge in [0.05, 0.1) is 12.2 Å². The molecule has 26 heavy (non-hydrogen) atoms. The van der Waals surface area contributed by atoms with Crippen molar-refractivity contribution in [3.8, 4) is 0 Å². The monoisotopic (exact) mass is 415 g/mol. The standard InChI is InChI=1S/C20H26BrN5/c1-22-19(23-13-15-7-6-10-18(25-15)26(2)3)24-14-20(11-12-20)16-8-4-5-9-17(16)21/h4-10H,11-14H2,1-3H3,(H2,22,23,24). The van der Waals surface area contributed by atoms with Gasteiger partial charge >= 0.3 is 0 Å². The van der Waals surface area contributed by atoms with Crippen molar-refractivity contribution in [2.75, 3.05) is 32.6 Å². The van der Waals surface area contributed by atoms with Crippen molar-refractivity contribution >= 4 is 27.7 Å². The van der Waals surface area contributed by atoms with Gasteiger partial charge in [-0.25, -0.2) is 4.98 Å². The number of guanidine groups is 1. The van der Waals surface area contributed by atoms with Crippen LogP contribution < -0.4 is 15.5 Å². The molecule has 0 aliphatic heterocycles. The molecule has 0 unspecified atom stereocenters. The Morgan fingerprint density at radius 3 is 2.58 bits per heavy atom. The van der Waals surface area contributed by atoms with Gasteiger partial charge in [-0.15, -0.1) is 0 Å². The summed E-state index contributed by atoms with van der Waals surface area (Å²) in [5.74, 6) is 1.76. The molecule has 2 aromatic rings. The van der Waals surface area contributed by atoms with Gasteiger partial charge in [0, 0.05) is 37.6 Å². The van der Waals surface area contributed by atoms with E-state index >= 15 is 0 Å². The highest BCUT2D eigenvalue weighted by Crippen LogP contribution is 2.49. The van der Waals surface area contributed by atoms with Crippen LogP contribution in [0.1, 0.15) is 24.1 Å². The smallest absolute Gasteiger partial charge is 0.191 e. The molecule has 5 nitrogen and oxygen atoms in total. The van der Waals surface area contributed by atoms with Crippen LogP contribution in [-0.2, 0) is 12.0 Å². The molecule has 6 heteroatoms. The molecule has 0 radical (unpaired) electrons. The third-order valence-electron chi connectivity index (χ3n) is 4.80. The Kier molecular flexibility index (Phi) is 5.81. The fourth-order valence-electron chi connectivity index (χ4n) is 3.05. The van der Waals surface area contributed by atoms with E-state index in [0.717, 1.165) is 24.0 Å². The van der Waals surface area contributed by atoms with E-state index in [1.165, 1.54) is 22.9 Å². The SMILES string of the molecule is CN=C(NCc1cccc(N(C)C)n1)NCC1(c2ccccc2Br)CC1. The fourth-order valence-corrected chi connectivity index (χ4v) is 3.75. The molecule has 0 atom stereocenters. The maximum absolute atomic E-state index is 4.63. The Hall–Kier alpha value is -2.08. The van der Waals surface area contributed by atoms with Gasteiger partial charge < -0.3 is 15.5 Å². The van der Waals surface area contributed by atoms with Gasteiger partial charge in [-0.1, -0.05) is 40.2 Å². The second-order valence-corrected chi connectivity index (χ2v) is 7.78. The van der Waals surface area contributed by atoms with Crippen LogP contribution in [0.3, 0.4) is 0 Å². The highest BCUT2D eigenvalue weighted by Gasteiger charge is 2.45. The molecule has 2 N–H and O–H groups in total. The molecule has 1 aromatic carbocycles. The molecular weight excluding hydrogens is 390 g/mol. The second-order valence-electron chi connectivity index (χ2n) is 6.92. The Morgan fingerprint density at radius 2 is 1.92 bits per heavy atom. The van der Waals surface area contributed by atoms with E-state index in [1.807, 2.05) is 37.2 Å². The molecule has 1 aliphatic rings. The third-order valence-corrected chi connectivity index (χ3v) is 5.50.